The van der Waals surface area contributed by atoms with E-state index in [1.807, 2.05) is 0 Å². The summed E-state index contributed by atoms with van der Waals surface area (Å²) >= 11 is 8.66. The topological polar surface area (TPSA) is 0 Å². The largest absolute Gasteiger partial charge is 0.129 e. The van der Waals surface area contributed by atoms with E-state index in [2.05, 4.69) is 56.3 Å². The number of benzene rings is 1. The molecule has 1 aromatic rings. The van der Waals surface area contributed by atoms with Crippen molar-refractivity contribution in [2.45, 2.75) is 10.2 Å². The van der Waals surface area contributed by atoms with Crippen molar-refractivity contribution in [1.82, 2.24) is 0 Å². The van der Waals surface area contributed by atoms with Gasteiger partial charge in [0.05, 0.1) is 0 Å². The van der Waals surface area contributed by atoms with Gasteiger partial charge in [-0.1, -0.05) is 31.9 Å². The highest BCUT2D eigenvalue weighted by atomic mass is 79.9. The van der Waals surface area contributed by atoms with Gasteiger partial charge in [0.1, 0.15) is 0 Å². The molecule has 0 aromatic heterocycles. The predicted octanol–water partition coefficient (Wildman–Crippen LogP) is 4.07. The SMILES string of the molecule is CSc1ccc(Br)cc1CBr. The summed E-state index contributed by atoms with van der Waals surface area (Å²) in [6.45, 7) is 0. The fourth-order valence-electron chi connectivity index (χ4n) is 0.852. The van der Waals surface area contributed by atoms with Gasteiger partial charge in [0.25, 0.3) is 0 Å². The van der Waals surface area contributed by atoms with Gasteiger partial charge >= 0.3 is 0 Å². The zero-order valence-corrected chi connectivity index (χ0v) is 10.1. The van der Waals surface area contributed by atoms with Crippen molar-refractivity contribution < 1.29 is 0 Å². The van der Waals surface area contributed by atoms with Crippen LogP contribution in [0.4, 0.5) is 0 Å². The maximum atomic E-state index is 3.45. The highest BCUT2D eigenvalue weighted by Crippen LogP contribution is 2.25. The first-order chi connectivity index (χ1) is 5.27. The summed E-state index contributed by atoms with van der Waals surface area (Å²) in [5, 5.41) is 0.919. The molecular formula is C8H8Br2S. The molecule has 0 aliphatic carbocycles. The predicted molar refractivity (Wildman–Crippen MR) is 58.6 cm³/mol. The number of halogens is 2. The molecule has 0 nitrogen and oxygen atoms in total. The maximum Gasteiger partial charge on any atom is 0.0294 e. The third-order valence-corrected chi connectivity index (χ3v) is 3.32. The van der Waals surface area contributed by atoms with Gasteiger partial charge in [0.2, 0.25) is 0 Å². The molecule has 0 fully saturated rings. The van der Waals surface area contributed by atoms with E-state index in [9.17, 15) is 0 Å². The summed E-state index contributed by atoms with van der Waals surface area (Å²) in [4.78, 5) is 1.34. The third-order valence-electron chi connectivity index (χ3n) is 1.39. The average molecular weight is 296 g/mol. The minimum atomic E-state index is 0.919. The molecule has 0 aliphatic rings. The van der Waals surface area contributed by atoms with Crippen molar-refractivity contribution in [1.29, 1.82) is 0 Å². The van der Waals surface area contributed by atoms with Crippen molar-refractivity contribution in [3.63, 3.8) is 0 Å². The smallest absolute Gasteiger partial charge is 0.0294 e. The second kappa shape index (κ2) is 4.53. The molecule has 0 unspecified atom stereocenters. The van der Waals surface area contributed by atoms with Gasteiger partial charge in [0, 0.05) is 14.7 Å². The Labute approximate surface area is 88.0 Å². The maximum absolute atomic E-state index is 3.45. The first kappa shape index (κ1) is 9.62. The van der Waals surface area contributed by atoms with Gasteiger partial charge in [-0.25, -0.2) is 0 Å². The van der Waals surface area contributed by atoms with Crippen LogP contribution in [-0.4, -0.2) is 6.26 Å². The number of alkyl halides is 1. The Bertz CT molecular complexity index is 248. The van der Waals surface area contributed by atoms with E-state index < -0.39 is 0 Å². The van der Waals surface area contributed by atoms with Gasteiger partial charge in [0.15, 0.2) is 0 Å². The Hall–Kier alpha value is 0.530. The fourth-order valence-corrected chi connectivity index (χ4v) is 2.51. The van der Waals surface area contributed by atoms with Crippen LogP contribution in [0.2, 0.25) is 0 Å². The number of hydrogen-bond acceptors (Lipinski definition) is 1. The Morgan fingerprint density at radius 3 is 2.73 bits per heavy atom. The first-order valence-corrected chi connectivity index (χ1v) is 6.30. The summed E-state index contributed by atoms with van der Waals surface area (Å²) in [7, 11) is 0. The highest BCUT2D eigenvalue weighted by Gasteiger charge is 1.99. The molecule has 0 atom stereocenters. The van der Waals surface area contributed by atoms with Crippen LogP contribution in [0.25, 0.3) is 0 Å². The Balaban J connectivity index is 3.06. The second-order valence-electron chi connectivity index (χ2n) is 2.09. The normalized spacial score (nSPS) is 10.1. The van der Waals surface area contributed by atoms with Crippen LogP contribution in [0, 0.1) is 0 Å². The van der Waals surface area contributed by atoms with Crippen LogP contribution in [0.5, 0.6) is 0 Å². The van der Waals surface area contributed by atoms with Crippen molar-refractivity contribution in [3.8, 4) is 0 Å². The third kappa shape index (κ3) is 2.49. The van der Waals surface area contributed by atoms with Crippen LogP contribution in [0.15, 0.2) is 27.6 Å². The minimum Gasteiger partial charge on any atom is -0.129 e. The quantitative estimate of drug-likeness (QED) is 0.585. The van der Waals surface area contributed by atoms with Gasteiger partial charge in [-0.3, -0.25) is 0 Å². The lowest BCUT2D eigenvalue weighted by Gasteiger charge is -2.03. The standard InChI is InChI=1S/C8H8Br2S/c1-11-8-3-2-7(10)4-6(8)5-9/h2-4H,5H2,1H3. The van der Waals surface area contributed by atoms with Gasteiger partial charge in [-0.05, 0) is 30.0 Å². The summed E-state index contributed by atoms with van der Waals surface area (Å²) < 4.78 is 1.14. The van der Waals surface area contributed by atoms with E-state index in [1.165, 1.54) is 10.5 Å². The molecule has 0 bridgehead atoms. The molecule has 0 N–H and O–H groups in total. The average Bonchev–Trinajstić information content (AvgIpc) is 2.04. The molecule has 0 spiro atoms. The zero-order chi connectivity index (χ0) is 8.27. The molecule has 1 rings (SSSR count). The zero-order valence-electron chi connectivity index (χ0n) is 6.10. The molecule has 0 radical (unpaired) electrons. The molecule has 60 valence electrons. The number of rotatable bonds is 2. The molecule has 11 heavy (non-hydrogen) atoms. The highest BCUT2D eigenvalue weighted by molar-refractivity contribution is 9.10. The van der Waals surface area contributed by atoms with E-state index in [4.69, 9.17) is 0 Å². The van der Waals surface area contributed by atoms with E-state index in [1.54, 1.807) is 11.8 Å². The van der Waals surface area contributed by atoms with Gasteiger partial charge < -0.3 is 0 Å². The van der Waals surface area contributed by atoms with Crippen molar-refractivity contribution in [2.75, 3.05) is 6.26 Å². The number of hydrogen-bond donors (Lipinski definition) is 0. The minimum absolute atomic E-state index is 0.919. The van der Waals surface area contributed by atoms with Crippen molar-refractivity contribution >= 4 is 43.6 Å². The van der Waals surface area contributed by atoms with Gasteiger partial charge in [-0.15, -0.1) is 11.8 Å². The van der Waals surface area contributed by atoms with E-state index >= 15 is 0 Å². The second-order valence-corrected chi connectivity index (χ2v) is 4.41. The molecule has 0 heterocycles. The molecule has 3 heteroatoms. The fraction of sp³-hybridized carbons (Fsp3) is 0.250. The first-order valence-electron chi connectivity index (χ1n) is 3.16. The molecular weight excluding hydrogens is 288 g/mol. The van der Waals surface area contributed by atoms with E-state index in [0.717, 1.165) is 9.80 Å². The Morgan fingerprint density at radius 2 is 2.18 bits per heavy atom. The summed E-state index contributed by atoms with van der Waals surface area (Å²) in [6.07, 6.45) is 2.09. The molecule has 0 aliphatic heterocycles. The molecule has 0 saturated carbocycles. The monoisotopic (exact) mass is 294 g/mol. The summed E-state index contributed by atoms with van der Waals surface area (Å²) in [5.74, 6) is 0. The Morgan fingerprint density at radius 1 is 1.45 bits per heavy atom. The Kier molecular flexibility index (Phi) is 3.96. The lowest BCUT2D eigenvalue weighted by molar-refractivity contribution is 1.27. The summed E-state index contributed by atoms with van der Waals surface area (Å²) in [6, 6.07) is 6.34. The van der Waals surface area contributed by atoms with Crippen LogP contribution in [-0.2, 0) is 5.33 Å². The van der Waals surface area contributed by atoms with Crippen LogP contribution >= 0.6 is 43.6 Å². The van der Waals surface area contributed by atoms with Crippen LogP contribution in [0.3, 0.4) is 0 Å². The van der Waals surface area contributed by atoms with Crippen molar-refractivity contribution in [3.05, 3.63) is 28.2 Å². The lowest BCUT2D eigenvalue weighted by atomic mass is 10.2. The molecule has 0 saturated heterocycles. The molecule has 0 amide bonds. The van der Waals surface area contributed by atoms with E-state index in [0.29, 0.717) is 0 Å². The van der Waals surface area contributed by atoms with Crippen LogP contribution in [0.1, 0.15) is 5.56 Å². The van der Waals surface area contributed by atoms with Gasteiger partial charge in [-0.2, -0.15) is 0 Å². The number of thioether (sulfide) groups is 1. The lowest BCUT2D eigenvalue weighted by Crippen LogP contribution is -1.81. The summed E-state index contributed by atoms with van der Waals surface area (Å²) in [5.41, 5.74) is 1.34. The molecule has 1 aromatic carbocycles. The van der Waals surface area contributed by atoms with Crippen molar-refractivity contribution in [2.24, 2.45) is 0 Å². The van der Waals surface area contributed by atoms with E-state index in [-0.39, 0.29) is 0 Å². The van der Waals surface area contributed by atoms with Crippen LogP contribution < -0.4 is 0 Å².